The predicted molar refractivity (Wildman–Crippen MR) is 87.5 cm³/mol. The monoisotopic (exact) mass is 419 g/mol. The lowest BCUT2D eigenvalue weighted by Gasteiger charge is -2.10. The highest BCUT2D eigenvalue weighted by Gasteiger charge is 2.19. The largest absolute Gasteiger partial charge is 0.393 e. The molecule has 21 heavy (non-hydrogen) atoms. The van der Waals surface area contributed by atoms with Crippen LogP contribution in [0.1, 0.15) is 0 Å². The van der Waals surface area contributed by atoms with Gasteiger partial charge in [-0.2, -0.15) is 0 Å². The Bertz CT molecular complexity index is 808. The maximum Gasteiger partial charge on any atom is 0.292 e. The minimum atomic E-state index is -3.86. The third kappa shape index (κ3) is 3.42. The van der Waals surface area contributed by atoms with Crippen LogP contribution in [0.4, 0.5) is 17.1 Å². The molecule has 0 saturated heterocycles. The average Bonchev–Trinajstić information content (AvgIpc) is 2.40. The van der Waals surface area contributed by atoms with Crippen molar-refractivity contribution in [1.29, 1.82) is 0 Å². The van der Waals surface area contributed by atoms with Crippen molar-refractivity contribution in [2.45, 2.75) is 4.90 Å². The Hall–Kier alpha value is -1.88. The lowest BCUT2D eigenvalue weighted by Crippen LogP contribution is -2.14. The van der Waals surface area contributed by atoms with Crippen molar-refractivity contribution in [3.05, 3.63) is 56.1 Å². The first-order valence-electron chi connectivity index (χ1n) is 5.62. The zero-order chi connectivity index (χ0) is 15.6. The van der Waals surface area contributed by atoms with Crippen LogP contribution in [-0.4, -0.2) is 13.3 Å². The van der Waals surface area contributed by atoms with Crippen LogP contribution < -0.4 is 10.5 Å². The summed E-state index contributed by atoms with van der Waals surface area (Å²) >= 11 is 2.00. The standard InChI is InChI=1S/C12H10IN3O4S/c13-9-3-1-2-4-11(9)15-21(19,20)8-5-6-12(16(17)18)10(14)7-8/h1-7,15H,14H2. The van der Waals surface area contributed by atoms with Gasteiger partial charge in [-0.3, -0.25) is 14.8 Å². The van der Waals surface area contributed by atoms with Gasteiger partial charge >= 0.3 is 0 Å². The quantitative estimate of drug-likeness (QED) is 0.342. The van der Waals surface area contributed by atoms with Crippen molar-refractivity contribution in [3.63, 3.8) is 0 Å². The van der Waals surface area contributed by atoms with Crippen LogP contribution in [-0.2, 0) is 10.0 Å². The number of para-hydroxylation sites is 1. The van der Waals surface area contributed by atoms with Gasteiger partial charge in [0.1, 0.15) is 5.69 Å². The van der Waals surface area contributed by atoms with Crippen molar-refractivity contribution in [3.8, 4) is 0 Å². The number of nitrogen functional groups attached to an aromatic ring is 1. The van der Waals surface area contributed by atoms with Crippen LogP contribution in [0.5, 0.6) is 0 Å². The Labute approximate surface area is 134 Å². The number of hydrogen-bond acceptors (Lipinski definition) is 5. The fourth-order valence-electron chi connectivity index (χ4n) is 1.61. The molecule has 0 aliphatic carbocycles. The number of hydrogen-bond donors (Lipinski definition) is 2. The molecule has 7 nitrogen and oxygen atoms in total. The molecule has 0 aliphatic rings. The lowest BCUT2D eigenvalue weighted by atomic mass is 10.3. The summed E-state index contributed by atoms with van der Waals surface area (Å²) in [5.41, 5.74) is 5.40. The van der Waals surface area contributed by atoms with Crippen molar-refractivity contribution in [1.82, 2.24) is 0 Å². The molecule has 0 spiro atoms. The minimum absolute atomic E-state index is 0.134. The maximum atomic E-state index is 12.2. The first-order valence-corrected chi connectivity index (χ1v) is 8.19. The van der Waals surface area contributed by atoms with E-state index in [9.17, 15) is 18.5 Å². The van der Waals surface area contributed by atoms with E-state index in [-0.39, 0.29) is 16.3 Å². The predicted octanol–water partition coefficient (Wildman–Crippen LogP) is 2.58. The van der Waals surface area contributed by atoms with Crippen LogP contribution in [0.25, 0.3) is 0 Å². The number of nitrogens with zero attached hydrogens (tertiary/aromatic N) is 1. The van der Waals surface area contributed by atoms with E-state index in [1.165, 1.54) is 0 Å². The molecular weight excluding hydrogens is 409 g/mol. The molecule has 0 bridgehead atoms. The van der Waals surface area contributed by atoms with Gasteiger partial charge in [-0.15, -0.1) is 0 Å². The van der Waals surface area contributed by atoms with Gasteiger partial charge in [-0.05, 0) is 46.9 Å². The Kier molecular flexibility index (Phi) is 4.32. The number of rotatable bonds is 4. The molecule has 0 radical (unpaired) electrons. The van der Waals surface area contributed by atoms with Crippen molar-refractivity contribution in [2.24, 2.45) is 0 Å². The number of sulfonamides is 1. The highest BCUT2D eigenvalue weighted by molar-refractivity contribution is 14.1. The number of nitro benzene ring substituents is 1. The number of anilines is 2. The Morgan fingerprint density at radius 3 is 2.43 bits per heavy atom. The fraction of sp³-hybridized carbons (Fsp3) is 0. The van der Waals surface area contributed by atoms with E-state index in [1.807, 2.05) is 22.6 Å². The first kappa shape index (κ1) is 15.5. The van der Waals surface area contributed by atoms with Gasteiger partial charge in [-0.25, -0.2) is 8.42 Å². The highest BCUT2D eigenvalue weighted by atomic mass is 127. The minimum Gasteiger partial charge on any atom is -0.393 e. The number of benzene rings is 2. The molecule has 0 fully saturated rings. The van der Waals surface area contributed by atoms with E-state index in [4.69, 9.17) is 5.73 Å². The molecular formula is C12H10IN3O4S. The Morgan fingerprint density at radius 1 is 1.19 bits per heavy atom. The molecule has 3 N–H and O–H groups in total. The lowest BCUT2D eigenvalue weighted by molar-refractivity contribution is -0.383. The topological polar surface area (TPSA) is 115 Å². The summed E-state index contributed by atoms with van der Waals surface area (Å²) in [6.45, 7) is 0. The van der Waals surface area contributed by atoms with Crippen molar-refractivity contribution in [2.75, 3.05) is 10.5 Å². The molecule has 2 rings (SSSR count). The summed E-state index contributed by atoms with van der Waals surface area (Å²) in [4.78, 5) is 9.88. The highest BCUT2D eigenvalue weighted by Crippen LogP contribution is 2.26. The van der Waals surface area contributed by atoms with Gasteiger partial charge in [0.15, 0.2) is 0 Å². The van der Waals surface area contributed by atoms with Crippen molar-refractivity contribution >= 4 is 49.7 Å². The van der Waals surface area contributed by atoms with E-state index >= 15 is 0 Å². The van der Waals surface area contributed by atoms with Gasteiger partial charge in [0.05, 0.1) is 15.5 Å². The average molecular weight is 419 g/mol. The Balaban J connectivity index is 2.39. The van der Waals surface area contributed by atoms with Crippen LogP contribution in [0.3, 0.4) is 0 Å². The number of nitrogens with one attached hydrogen (secondary N) is 1. The smallest absolute Gasteiger partial charge is 0.292 e. The van der Waals surface area contributed by atoms with E-state index in [2.05, 4.69) is 4.72 Å². The summed E-state index contributed by atoms with van der Waals surface area (Å²) in [6, 6.07) is 10.1. The van der Waals surface area contributed by atoms with Crippen LogP contribution in [0.15, 0.2) is 47.4 Å². The second kappa shape index (κ2) is 5.85. The summed E-state index contributed by atoms with van der Waals surface area (Å²) in [5.74, 6) is 0. The first-order chi connectivity index (χ1) is 9.81. The molecule has 0 unspecified atom stereocenters. The summed E-state index contributed by atoms with van der Waals surface area (Å²) < 4.78 is 27.6. The molecule has 0 saturated carbocycles. The van der Waals surface area contributed by atoms with E-state index in [0.717, 1.165) is 21.8 Å². The van der Waals surface area contributed by atoms with Gasteiger partial charge < -0.3 is 5.73 Å². The molecule has 2 aromatic rings. The fourth-order valence-corrected chi connectivity index (χ4v) is 3.43. The summed E-state index contributed by atoms with van der Waals surface area (Å²) in [5, 5.41) is 10.7. The van der Waals surface area contributed by atoms with E-state index < -0.39 is 14.9 Å². The maximum absolute atomic E-state index is 12.2. The number of nitro groups is 1. The second-order valence-corrected chi connectivity index (χ2v) is 6.91. The SMILES string of the molecule is Nc1cc(S(=O)(=O)Nc2ccccc2I)ccc1[N+](=O)[O-]. The molecule has 0 atom stereocenters. The van der Waals surface area contributed by atoms with Gasteiger partial charge in [0, 0.05) is 9.64 Å². The van der Waals surface area contributed by atoms with Gasteiger partial charge in [0.25, 0.3) is 15.7 Å². The van der Waals surface area contributed by atoms with Crippen LogP contribution in [0, 0.1) is 13.7 Å². The Morgan fingerprint density at radius 2 is 1.86 bits per heavy atom. The van der Waals surface area contributed by atoms with E-state index in [0.29, 0.717) is 5.69 Å². The van der Waals surface area contributed by atoms with Gasteiger partial charge in [-0.1, -0.05) is 12.1 Å². The molecule has 9 heteroatoms. The number of nitrogens with two attached hydrogens (primary N) is 1. The van der Waals surface area contributed by atoms with Gasteiger partial charge in [0.2, 0.25) is 0 Å². The second-order valence-electron chi connectivity index (χ2n) is 4.06. The van der Waals surface area contributed by atoms with E-state index in [1.54, 1.807) is 24.3 Å². The molecule has 2 aromatic carbocycles. The molecule has 0 aromatic heterocycles. The molecule has 0 amide bonds. The number of halogens is 1. The zero-order valence-electron chi connectivity index (χ0n) is 10.5. The third-order valence-electron chi connectivity index (χ3n) is 2.62. The van der Waals surface area contributed by atoms with Crippen LogP contribution in [0.2, 0.25) is 0 Å². The normalized spacial score (nSPS) is 11.1. The zero-order valence-corrected chi connectivity index (χ0v) is 13.5. The summed E-state index contributed by atoms with van der Waals surface area (Å²) in [6.07, 6.45) is 0. The molecule has 0 heterocycles. The summed E-state index contributed by atoms with van der Waals surface area (Å²) in [7, 11) is -3.86. The van der Waals surface area contributed by atoms with Crippen molar-refractivity contribution < 1.29 is 13.3 Å². The third-order valence-corrected chi connectivity index (χ3v) is 4.93. The van der Waals surface area contributed by atoms with Crippen LogP contribution >= 0.6 is 22.6 Å². The molecule has 110 valence electrons. The molecule has 0 aliphatic heterocycles.